The van der Waals surface area contributed by atoms with Gasteiger partial charge in [-0.05, 0) is 29.0 Å². The van der Waals surface area contributed by atoms with Crippen LogP contribution in [0, 0.1) is 0 Å². The highest BCUT2D eigenvalue weighted by molar-refractivity contribution is 14.0. The first-order valence-corrected chi connectivity index (χ1v) is 10.7. The van der Waals surface area contributed by atoms with Crippen LogP contribution in [0.15, 0.2) is 46.8 Å². The molecule has 1 aliphatic heterocycles. The predicted molar refractivity (Wildman–Crippen MR) is 132 cm³/mol. The highest BCUT2D eigenvalue weighted by Crippen LogP contribution is 2.26. The summed E-state index contributed by atoms with van der Waals surface area (Å²) in [7, 11) is 1.79. The minimum atomic E-state index is 0. The molecule has 158 valence electrons. The van der Waals surface area contributed by atoms with E-state index < -0.39 is 0 Å². The number of halogens is 1. The van der Waals surface area contributed by atoms with Crippen LogP contribution in [0.3, 0.4) is 0 Å². The fourth-order valence-electron chi connectivity index (χ4n) is 3.39. The fraction of sp³-hybridized carbons (Fsp3) is 0.455. The van der Waals surface area contributed by atoms with Crippen molar-refractivity contribution >= 4 is 47.2 Å². The summed E-state index contributed by atoms with van der Waals surface area (Å²) in [6, 6.07) is 12.7. The molecule has 0 bridgehead atoms. The number of benzene rings is 1. The molecule has 5 nitrogen and oxygen atoms in total. The first-order valence-electron chi connectivity index (χ1n) is 9.82. The monoisotopic (exact) mass is 526 g/mol. The number of rotatable bonds is 7. The molecule has 0 atom stereocenters. The van der Waals surface area contributed by atoms with Crippen LogP contribution in [0.25, 0.3) is 0 Å². The Hall–Kier alpha value is -1.61. The molecule has 1 amide bonds. The van der Waals surface area contributed by atoms with Crippen LogP contribution in [-0.2, 0) is 23.3 Å². The molecule has 1 fully saturated rings. The minimum absolute atomic E-state index is 0. The van der Waals surface area contributed by atoms with E-state index in [2.05, 4.69) is 71.3 Å². The number of aliphatic imine (C=N–C) groups is 1. The number of nitrogens with one attached hydrogen (secondary N) is 2. The summed E-state index contributed by atoms with van der Waals surface area (Å²) in [4.78, 5) is 19.5. The molecule has 1 aromatic carbocycles. The van der Waals surface area contributed by atoms with Gasteiger partial charge in [-0.3, -0.25) is 9.79 Å². The zero-order chi connectivity index (χ0) is 20.0. The van der Waals surface area contributed by atoms with E-state index in [0.29, 0.717) is 19.5 Å². The first kappa shape index (κ1) is 23.7. The minimum Gasteiger partial charge on any atom is -0.356 e. The summed E-state index contributed by atoms with van der Waals surface area (Å²) in [5.41, 5.74) is 2.41. The molecule has 1 saturated heterocycles. The van der Waals surface area contributed by atoms with E-state index in [1.165, 1.54) is 16.0 Å². The maximum absolute atomic E-state index is 11.8. The number of carbonyl (C=O) groups excluding carboxylic acids is 1. The molecule has 7 heteroatoms. The Morgan fingerprint density at radius 1 is 1.21 bits per heavy atom. The van der Waals surface area contributed by atoms with Gasteiger partial charge in [-0.2, -0.15) is 0 Å². The van der Waals surface area contributed by atoms with Gasteiger partial charge >= 0.3 is 0 Å². The second kappa shape index (κ2) is 11.0. The van der Waals surface area contributed by atoms with Crippen molar-refractivity contribution in [2.45, 2.75) is 45.2 Å². The molecule has 0 unspecified atom stereocenters. The Balaban J connectivity index is 0.00000300. The van der Waals surface area contributed by atoms with E-state index in [9.17, 15) is 4.79 Å². The lowest BCUT2D eigenvalue weighted by Crippen LogP contribution is -2.42. The normalized spacial score (nSPS) is 14.7. The Labute approximate surface area is 195 Å². The summed E-state index contributed by atoms with van der Waals surface area (Å²) in [6.07, 6.45) is 1.66. The number of nitrogens with zero attached hydrogens (tertiary/aromatic N) is 2. The molecule has 3 rings (SSSR count). The average molecular weight is 526 g/mol. The van der Waals surface area contributed by atoms with Crippen molar-refractivity contribution in [2.75, 3.05) is 20.1 Å². The fourth-order valence-corrected chi connectivity index (χ4v) is 4.24. The Bertz CT molecular complexity index is 820. The standard InChI is InChI=1S/C22H30N4OS.HI/c1-22(2,19-9-6-12-28-19)16-25-21(23-3)24-14-17-7-4-8-18(13-17)15-26-11-5-10-20(26)27;/h4,6-9,12-13H,5,10-11,14-16H2,1-3H3,(H2,23,24,25);1H. The maximum atomic E-state index is 11.8. The SMILES string of the molecule is CN=C(NCc1cccc(CN2CCCC2=O)c1)NCC(C)(C)c1cccs1.I. The molecule has 2 N–H and O–H groups in total. The summed E-state index contributed by atoms with van der Waals surface area (Å²) in [5, 5.41) is 8.95. The van der Waals surface area contributed by atoms with Crippen LogP contribution in [0.5, 0.6) is 0 Å². The number of hydrogen-bond donors (Lipinski definition) is 2. The third-order valence-electron chi connectivity index (χ3n) is 5.11. The summed E-state index contributed by atoms with van der Waals surface area (Å²) in [5.74, 6) is 1.06. The van der Waals surface area contributed by atoms with Crippen molar-refractivity contribution in [3.8, 4) is 0 Å². The average Bonchev–Trinajstić information content (AvgIpc) is 3.35. The van der Waals surface area contributed by atoms with Crippen molar-refractivity contribution in [3.63, 3.8) is 0 Å². The summed E-state index contributed by atoms with van der Waals surface area (Å²) in [6.45, 7) is 7.56. The lowest BCUT2D eigenvalue weighted by molar-refractivity contribution is -0.128. The number of thiophene rings is 1. The highest BCUT2D eigenvalue weighted by atomic mass is 127. The summed E-state index contributed by atoms with van der Waals surface area (Å²) < 4.78 is 0. The molecule has 29 heavy (non-hydrogen) atoms. The van der Waals surface area contributed by atoms with Gasteiger partial charge in [0.15, 0.2) is 5.96 Å². The van der Waals surface area contributed by atoms with E-state index >= 15 is 0 Å². The number of likely N-dealkylation sites (tertiary alicyclic amines) is 1. The van der Waals surface area contributed by atoms with Crippen LogP contribution >= 0.6 is 35.3 Å². The lowest BCUT2D eigenvalue weighted by atomic mass is 9.91. The van der Waals surface area contributed by atoms with Crippen LogP contribution in [0.4, 0.5) is 0 Å². The van der Waals surface area contributed by atoms with Crippen molar-refractivity contribution in [1.82, 2.24) is 15.5 Å². The molecular formula is C22H31IN4OS. The largest absolute Gasteiger partial charge is 0.356 e. The van der Waals surface area contributed by atoms with Gasteiger partial charge in [-0.25, -0.2) is 0 Å². The first-order chi connectivity index (χ1) is 13.5. The zero-order valence-corrected chi connectivity index (χ0v) is 20.6. The topological polar surface area (TPSA) is 56.7 Å². The van der Waals surface area contributed by atoms with Gasteiger partial charge in [0, 0.05) is 49.9 Å². The second-order valence-corrected chi connectivity index (χ2v) is 8.83. The van der Waals surface area contributed by atoms with Crippen LogP contribution in [-0.4, -0.2) is 36.9 Å². The van der Waals surface area contributed by atoms with E-state index in [4.69, 9.17) is 0 Å². The number of hydrogen-bond acceptors (Lipinski definition) is 3. The molecule has 0 radical (unpaired) electrons. The molecular weight excluding hydrogens is 495 g/mol. The van der Waals surface area contributed by atoms with E-state index in [1.807, 2.05) is 4.90 Å². The highest BCUT2D eigenvalue weighted by Gasteiger charge is 2.22. The number of amides is 1. The van der Waals surface area contributed by atoms with Gasteiger partial charge in [0.1, 0.15) is 0 Å². The van der Waals surface area contributed by atoms with Gasteiger partial charge in [0.25, 0.3) is 0 Å². The molecule has 1 aliphatic rings. The molecule has 1 aromatic heterocycles. The van der Waals surface area contributed by atoms with Gasteiger partial charge in [0.2, 0.25) is 5.91 Å². The van der Waals surface area contributed by atoms with E-state index in [-0.39, 0.29) is 35.3 Å². The number of guanidine groups is 1. The Morgan fingerprint density at radius 3 is 2.66 bits per heavy atom. The van der Waals surface area contributed by atoms with Gasteiger partial charge in [-0.15, -0.1) is 35.3 Å². The summed E-state index contributed by atoms with van der Waals surface area (Å²) >= 11 is 1.79. The van der Waals surface area contributed by atoms with Gasteiger partial charge in [0.05, 0.1) is 0 Å². The molecule has 2 heterocycles. The molecule has 2 aromatic rings. The Kier molecular flexibility index (Phi) is 8.95. The smallest absolute Gasteiger partial charge is 0.222 e. The van der Waals surface area contributed by atoms with Crippen molar-refractivity contribution in [1.29, 1.82) is 0 Å². The quantitative estimate of drug-likeness (QED) is 0.324. The zero-order valence-electron chi connectivity index (χ0n) is 17.4. The van der Waals surface area contributed by atoms with Crippen LogP contribution < -0.4 is 10.6 Å². The van der Waals surface area contributed by atoms with E-state index in [1.54, 1.807) is 18.4 Å². The van der Waals surface area contributed by atoms with E-state index in [0.717, 1.165) is 25.5 Å². The van der Waals surface area contributed by atoms with Crippen LogP contribution in [0.2, 0.25) is 0 Å². The van der Waals surface area contributed by atoms with Gasteiger partial charge < -0.3 is 15.5 Å². The molecule has 0 spiro atoms. The molecule has 0 aliphatic carbocycles. The van der Waals surface area contributed by atoms with Crippen molar-refractivity contribution in [3.05, 3.63) is 57.8 Å². The molecule has 0 saturated carbocycles. The van der Waals surface area contributed by atoms with Crippen molar-refractivity contribution in [2.24, 2.45) is 4.99 Å². The predicted octanol–water partition coefficient (Wildman–Crippen LogP) is 4.13. The number of carbonyl (C=O) groups is 1. The third-order valence-corrected chi connectivity index (χ3v) is 6.34. The van der Waals surface area contributed by atoms with Crippen LogP contribution in [0.1, 0.15) is 42.7 Å². The maximum Gasteiger partial charge on any atom is 0.222 e. The second-order valence-electron chi connectivity index (χ2n) is 7.88. The van der Waals surface area contributed by atoms with Crippen molar-refractivity contribution < 1.29 is 4.79 Å². The third kappa shape index (κ3) is 6.70. The lowest BCUT2D eigenvalue weighted by Gasteiger charge is -2.25. The van der Waals surface area contributed by atoms with Gasteiger partial charge in [-0.1, -0.05) is 44.2 Å². The Morgan fingerprint density at radius 2 is 2.00 bits per heavy atom.